The number of fused-ring (bicyclic) bond motifs is 2. The van der Waals surface area contributed by atoms with Gasteiger partial charge in [-0.15, -0.1) is 0 Å². The third-order valence-corrected chi connectivity index (χ3v) is 6.44. The molecule has 0 aliphatic carbocycles. The van der Waals surface area contributed by atoms with Crippen LogP contribution < -0.4 is 4.74 Å². The molecule has 5 aromatic heterocycles. The highest BCUT2D eigenvalue weighted by molar-refractivity contribution is 5.94. The van der Waals surface area contributed by atoms with Gasteiger partial charge in [-0.2, -0.15) is 5.10 Å². The zero-order valence-electron chi connectivity index (χ0n) is 20.5. The van der Waals surface area contributed by atoms with Crippen LogP contribution in [0.15, 0.2) is 97.5 Å². The summed E-state index contributed by atoms with van der Waals surface area (Å²) in [4.78, 5) is 21.7. The SMILES string of the molecule is Fc1ccc(-c2ccnc3nc(-c4n[nH]c5ccc(-c6cncc(OCc7ccccc7)c6)nc45)[nH]c23)cc1. The third kappa shape index (κ3) is 4.36. The molecule has 8 nitrogen and oxygen atoms in total. The van der Waals surface area contributed by atoms with Gasteiger partial charge in [0.1, 0.15) is 23.7 Å². The number of H-pyrrole nitrogens is 2. The van der Waals surface area contributed by atoms with E-state index in [9.17, 15) is 4.39 Å². The molecule has 0 saturated carbocycles. The minimum absolute atomic E-state index is 0.289. The molecule has 7 aromatic rings. The lowest BCUT2D eigenvalue weighted by Gasteiger charge is -2.08. The second kappa shape index (κ2) is 9.46. The Morgan fingerprint density at radius 2 is 1.72 bits per heavy atom. The molecule has 0 aliphatic rings. The first-order valence-electron chi connectivity index (χ1n) is 12.3. The van der Waals surface area contributed by atoms with Crippen LogP contribution in [0.2, 0.25) is 0 Å². The Hall–Kier alpha value is -5.44. The van der Waals surface area contributed by atoms with Gasteiger partial charge in [0.15, 0.2) is 17.2 Å². The lowest BCUT2D eigenvalue weighted by atomic mass is 10.1. The van der Waals surface area contributed by atoms with Crippen molar-refractivity contribution in [2.45, 2.75) is 6.61 Å². The first kappa shape index (κ1) is 22.7. The maximum absolute atomic E-state index is 13.5. The standard InChI is InChI=1S/C30H20FN7O/c31-21-8-6-19(7-9-21)23-12-13-33-29-26(23)35-30(36-29)28-27-25(37-38-28)11-10-24(34-27)20-14-22(16-32-15-20)39-17-18-4-2-1-3-5-18/h1-16H,17H2,(H,37,38)(H,33,35,36). The number of hydrogen-bond acceptors (Lipinski definition) is 6. The molecule has 0 radical (unpaired) electrons. The smallest absolute Gasteiger partial charge is 0.178 e. The number of imidazole rings is 1. The van der Waals surface area contributed by atoms with Crippen molar-refractivity contribution in [3.63, 3.8) is 0 Å². The lowest BCUT2D eigenvalue weighted by Crippen LogP contribution is -1.96. The molecular formula is C30H20FN7O. The van der Waals surface area contributed by atoms with Gasteiger partial charge in [0.2, 0.25) is 0 Å². The summed E-state index contributed by atoms with van der Waals surface area (Å²) < 4.78 is 19.4. The van der Waals surface area contributed by atoms with Crippen molar-refractivity contribution < 1.29 is 9.13 Å². The van der Waals surface area contributed by atoms with E-state index in [4.69, 9.17) is 9.72 Å². The lowest BCUT2D eigenvalue weighted by molar-refractivity contribution is 0.305. The minimum Gasteiger partial charge on any atom is -0.487 e. The molecule has 0 aliphatic heterocycles. The van der Waals surface area contributed by atoms with Crippen LogP contribution in [0.3, 0.4) is 0 Å². The fourth-order valence-electron chi connectivity index (χ4n) is 4.50. The van der Waals surface area contributed by atoms with Gasteiger partial charge in [0, 0.05) is 23.5 Å². The summed E-state index contributed by atoms with van der Waals surface area (Å²) in [6, 6.07) is 23.9. The van der Waals surface area contributed by atoms with E-state index < -0.39 is 0 Å². The van der Waals surface area contributed by atoms with Crippen LogP contribution >= 0.6 is 0 Å². The Balaban J connectivity index is 1.24. The molecule has 2 N–H and O–H groups in total. The van der Waals surface area contributed by atoms with Crippen LogP contribution in [-0.4, -0.2) is 35.1 Å². The molecule has 39 heavy (non-hydrogen) atoms. The van der Waals surface area contributed by atoms with Gasteiger partial charge in [-0.05, 0) is 47.5 Å². The largest absolute Gasteiger partial charge is 0.487 e. The van der Waals surface area contributed by atoms with Crippen molar-refractivity contribution in [2.24, 2.45) is 0 Å². The highest BCUT2D eigenvalue weighted by Gasteiger charge is 2.17. The number of pyridine rings is 3. The number of aromatic nitrogens is 7. The van der Waals surface area contributed by atoms with Crippen molar-refractivity contribution in [3.05, 3.63) is 109 Å². The fourth-order valence-corrected chi connectivity index (χ4v) is 4.50. The molecule has 2 aromatic carbocycles. The number of nitrogens with one attached hydrogen (secondary N) is 2. The zero-order valence-corrected chi connectivity index (χ0v) is 20.5. The van der Waals surface area contributed by atoms with Crippen LogP contribution in [0.5, 0.6) is 5.75 Å². The molecule has 188 valence electrons. The Bertz CT molecular complexity index is 1930. The highest BCUT2D eigenvalue weighted by Crippen LogP contribution is 2.31. The molecular weight excluding hydrogens is 493 g/mol. The monoisotopic (exact) mass is 513 g/mol. The second-order valence-electron chi connectivity index (χ2n) is 9.00. The van der Waals surface area contributed by atoms with Crippen LogP contribution in [0, 0.1) is 5.82 Å². The number of hydrogen-bond donors (Lipinski definition) is 2. The van der Waals surface area contributed by atoms with Crippen LogP contribution in [0.25, 0.3) is 56.1 Å². The number of benzene rings is 2. The van der Waals surface area contributed by atoms with E-state index in [1.165, 1.54) is 12.1 Å². The predicted molar refractivity (Wildman–Crippen MR) is 146 cm³/mol. The molecule has 0 spiro atoms. The summed E-state index contributed by atoms with van der Waals surface area (Å²) >= 11 is 0. The fraction of sp³-hybridized carbons (Fsp3) is 0.0333. The molecule has 0 atom stereocenters. The number of aromatic amines is 2. The van der Waals surface area contributed by atoms with Crippen molar-refractivity contribution >= 4 is 22.2 Å². The molecule has 0 saturated heterocycles. The van der Waals surface area contributed by atoms with Crippen molar-refractivity contribution in [2.75, 3.05) is 0 Å². The number of halogens is 1. The van der Waals surface area contributed by atoms with Gasteiger partial charge < -0.3 is 9.72 Å². The zero-order chi connectivity index (χ0) is 26.2. The summed E-state index contributed by atoms with van der Waals surface area (Å²) in [7, 11) is 0. The van der Waals surface area contributed by atoms with E-state index in [-0.39, 0.29) is 5.82 Å². The summed E-state index contributed by atoms with van der Waals surface area (Å²) in [5, 5.41) is 7.53. The van der Waals surface area contributed by atoms with Gasteiger partial charge in [-0.3, -0.25) is 10.1 Å². The van der Waals surface area contributed by atoms with Gasteiger partial charge >= 0.3 is 0 Å². The number of nitrogens with zero attached hydrogens (tertiary/aromatic N) is 5. The van der Waals surface area contributed by atoms with Gasteiger partial charge in [0.05, 0.1) is 22.9 Å². The maximum atomic E-state index is 13.5. The first-order chi connectivity index (χ1) is 19.2. The summed E-state index contributed by atoms with van der Waals surface area (Å²) in [6.07, 6.45) is 5.13. The van der Waals surface area contributed by atoms with Crippen molar-refractivity contribution in [1.82, 2.24) is 35.1 Å². The number of ether oxygens (including phenoxy) is 1. The highest BCUT2D eigenvalue weighted by atomic mass is 19.1. The van der Waals surface area contributed by atoms with Crippen LogP contribution in [-0.2, 0) is 6.61 Å². The Morgan fingerprint density at radius 1 is 0.846 bits per heavy atom. The van der Waals surface area contributed by atoms with Crippen molar-refractivity contribution in [3.8, 4) is 39.7 Å². The Labute approximate surface area is 221 Å². The molecule has 9 heteroatoms. The molecule has 0 unspecified atom stereocenters. The predicted octanol–water partition coefficient (Wildman–Crippen LogP) is 6.34. The van der Waals surface area contributed by atoms with Crippen LogP contribution in [0.1, 0.15) is 5.56 Å². The first-order valence-corrected chi connectivity index (χ1v) is 12.3. The molecule has 0 bridgehead atoms. The molecule has 0 fully saturated rings. The normalized spacial score (nSPS) is 11.3. The Morgan fingerprint density at radius 3 is 2.59 bits per heavy atom. The van der Waals surface area contributed by atoms with E-state index in [1.807, 2.05) is 54.6 Å². The molecule has 7 rings (SSSR count). The topological polar surface area (TPSA) is 105 Å². The summed E-state index contributed by atoms with van der Waals surface area (Å²) in [5.74, 6) is 0.895. The van der Waals surface area contributed by atoms with Gasteiger partial charge in [-0.25, -0.2) is 19.3 Å². The second-order valence-corrected chi connectivity index (χ2v) is 9.00. The molecule has 5 heterocycles. The summed E-state index contributed by atoms with van der Waals surface area (Å²) in [6.45, 7) is 0.449. The van der Waals surface area contributed by atoms with Crippen LogP contribution in [0.4, 0.5) is 4.39 Å². The minimum atomic E-state index is -0.289. The van der Waals surface area contributed by atoms with Gasteiger partial charge in [-0.1, -0.05) is 42.5 Å². The quantitative estimate of drug-likeness (QED) is 0.269. The third-order valence-electron chi connectivity index (χ3n) is 6.44. The van der Waals surface area contributed by atoms with E-state index in [1.54, 1.807) is 30.7 Å². The molecule has 0 amide bonds. The average molecular weight is 514 g/mol. The van der Waals surface area contributed by atoms with Crippen molar-refractivity contribution in [1.29, 1.82) is 0 Å². The van der Waals surface area contributed by atoms with E-state index in [0.29, 0.717) is 35.0 Å². The average Bonchev–Trinajstić information content (AvgIpc) is 3.61. The van der Waals surface area contributed by atoms with Gasteiger partial charge in [0.25, 0.3) is 0 Å². The summed E-state index contributed by atoms with van der Waals surface area (Å²) in [5.41, 5.74) is 7.61. The van der Waals surface area contributed by atoms with E-state index >= 15 is 0 Å². The Kier molecular flexibility index (Phi) is 5.51. The maximum Gasteiger partial charge on any atom is 0.178 e. The van der Waals surface area contributed by atoms with E-state index in [0.717, 1.165) is 39.0 Å². The van der Waals surface area contributed by atoms with E-state index in [2.05, 4.69) is 30.1 Å². The number of rotatable bonds is 6.